The lowest BCUT2D eigenvalue weighted by Gasteiger charge is -2.26. The van der Waals surface area contributed by atoms with Gasteiger partial charge in [0.25, 0.3) is 5.56 Å². The molecular formula is C27H29N3O7S. The first-order valence-electron chi connectivity index (χ1n) is 12.3. The van der Waals surface area contributed by atoms with E-state index in [9.17, 15) is 9.59 Å². The molecule has 1 atom stereocenters. The molecule has 10 nitrogen and oxygen atoms in total. The summed E-state index contributed by atoms with van der Waals surface area (Å²) < 4.78 is 29.6. The van der Waals surface area contributed by atoms with Gasteiger partial charge < -0.3 is 28.3 Å². The van der Waals surface area contributed by atoms with Crippen LogP contribution >= 0.6 is 11.3 Å². The number of allylic oxidation sites excluding steroid dienone is 1. The number of rotatable bonds is 7. The van der Waals surface area contributed by atoms with E-state index >= 15 is 0 Å². The molecule has 0 spiro atoms. The summed E-state index contributed by atoms with van der Waals surface area (Å²) in [4.78, 5) is 34.1. The van der Waals surface area contributed by atoms with Gasteiger partial charge in [0.1, 0.15) is 5.76 Å². The second-order valence-corrected chi connectivity index (χ2v) is 9.70. The van der Waals surface area contributed by atoms with Crippen LogP contribution in [0.5, 0.6) is 11.5 Å². The Morgan fingerprint density at radius 2 is 1.92 bits per heavy atom. The van der Waals surface area contributed by atoms with Crippen LogP contribution in [0.25, 0.3) is 6.08 Å². The highest BCUT2D eigenvalue weighted by Gasteiger charge is 2.34. The summed E-state index contributed by atoms with van der Waals surface area (Å²) in [6, 6.07) is 8.29. The molecule has 0 radical (unpaired) electrons. The molecule has 200 valence electrons. The summed E-state index contributed by atoms with van der Waals surface area (Å²) in [5.74, 6) is 1.79. The van der Waals surface area contributed by atoms with Crippen LogP contribution in [-0.4, -0.2) is 57.7 Å². The first-order chi connectivity index (χ1) is 18.4. The topological polar surface area (TPSA) is 105 Å². The summed E-state index contributed by atoms with van der Waals surface area (Å²) in [6.45, 7) is 6.47. The molecule has 0 saturated carbocycles. The molecule has 0 amide bonds. The van der Waals surface area contributed by atoms with Crippen molar-refractivity contribution in [1.82, 2.24) is 4.57 Å². The Kier molecular flexibility index (Phi) is 7.39. The van der Waals surface area contributed by atoms with Gasteiger partial charge in [0.2, 0.25) is 0 Å². The molecule has 2 aliphatic rings. The third-order valence-electron chi connectivity index (χ3n) is 6.45. The molecule has 4 heterocycles. The molecule has 1 saturated heterocycles. The predicted molar refractivity (Wildman–Crippen MR) is 142 cm³/mol. The summed E-state index contributed by atoms with van der Waals surface area (Å²) >= 11 is 1.24. The maximum absolute atomic E-state index is 13.8. The van der Waals surface area contributed by atoms with E-state index in [4.69, 9.17) is 23.4 Å². The normalized spacial score (nSPS) is 17.7. The van der Waals surface area contributed by atoms with Crippen molar-refractivity contribution in [2.45, 2.75) is 19.9 Å². The van der Waals surface area contributed by atoms with Crippen LogP contribution in [0, 0.1) is 0 Å². The van der Waals surface area contributed by atoms with Crippen LogP contribution in [0.1, 0.15) is 31.2 Å². The fraction of sp³-hybridized carbons (Fsp3) is 0.370. The largest absolute Gasteiger partial charge is 0.493 e. The molecule has 1 fully saturated rings. The van der Waals surface area contributed by atoms with E-state index in [-0.39, 0.29) is 12.2 Å². The van der Waals surface area contributed by atoms with Crippen molar-refractivity contribution in [2.75, 3.05) is 52.0 Å². The van der Waals surface area contributed by atoms with Crippen molar-refractivity contribution < 1.29 is 28.2 Å². The monoisotopic (exact) mass is 539 g/mol. The number of ether oxygens (including phenoxy) is 4. The maximum atomic E-state index is 13.8. The molecule has 0 unspecified atom stereocenters. The number of morpholine rings is 1. The number of nitrogens with zero attached hydrogens (tertiary/aromatic N) is 3. The molecule has 1 aromatic carbocycles. The maximum Gasteiger partial charge on any atom is 0.338 e. The van der Waals surface area contributed by atoms with Gasteiger partial charge in [-0.3, -0.25) is 9.36 Å². The predicted octanol–water partition coefficient (Wildman–Crippen LogP) is 2.25. The average molecular weight is 540 g/mol. The van der Waals surface area contributed by atoms with Crippen molar-refractivity contribution in [1.29, 1.82) is 0 Å². The number of hydrogen-bond acceptors (Lipinski definition) is 10. The van der Waals surface area contributed by atoms with Gasteiger partial charge in [-0.05, 0) is 37.6 Å². The molecule has 5 rings (SSSR count). The highest BCUT2D eigenvalue weighted by molar-refractivity contribution is 7.07. The van der Waals surface area contributed by atoms with Crippen LogP contribution in [0.3, 0.4) is 0 Å². The standard InChI is InChI=1S/C27H29N3O7S/c1-5-36-26(32)23-16(2)28-27-30(24(23)17-6-8-19(33-3)20(14-17)34-4)25(31)21(38-27)15-18-7-9-22(37-18)29-10-12-35-13-11-29/h6-9,14-15,24H,5,10-13H2,1-4H3/b21-15+/t24-/m0/s1. The summed E-state index contributed by atoms with van der Waals surface area (Å²) in [5.41, 5.74) is 1.17. The number of carbonyl (C=O) groups excluding carboxylic acids is 1. The molecule has 3 aromatic rings. The number of benzene rings is 1. The fourth-order valence-corrected chi connectivity index (χ4v) is 5.66. The molecule has 0 bridgehead atoms. The van der Waals surface area contributed by atoms with Crippen LogP contribution in [0.15, 0.2) is 55.8 Å². The summed E-state index contributed by atoms with van der Waals surface area (Å²) in [7, 11) is 3.09. The molecule has 11 heteroatoms. The van der Waals surface area contributed by atoms with Crippen molar-refractivity contribution in [3.05, 3.63) is 72.6 Å². The number of fused-ring (bicyclic) bond motifs is 1. The Morgan fingerprint density at radius 1 is 1.16 bits per heavy atom. The highest BCUT2D eigenvalue weighted by Crippen LogP contribution is 2.36. The Bertz CT molecular complexity index is 1560. The van der Waals surface area contributed by atoms with Crippen LogP contribution in [-0.2, 0) is 14.3 Å². The van der Waals surface area contributed by atoms with Gasteiger partial charge in [0.15, 0.2) is 22.2 Å². The van der Waals surface area contributed by atoms with E-state index in [0.29, 0.717) is 56.6 Å². The first kappa shape index (κ1) is 25.8. The molecule has 2 aromatic heterocycles. The Morgan fingerprint density at radius 3 is 2.63 bits per heavy atom. The second-order valence-electron chi connectivity index (χ2n) is 8.69. The molecular weight excluding hydrogens is 510 g/mol. The number of carbonyl (C=O) groups is 1. The smallest absolute Gasteiger partial charge is 0.338 e. The third kappa shape index (κ3) is 4.74. The zero-order chi connectivity index (χ0) is 26.8. The van der Waals surface area contributed by atoms with Crippen molar-refractivity contribution in [3.63, 3.8) is 0 Å². The number of esters is 1. The Hall–Kier alpha value is -3.83. The number of furan rings is 1. The van der Waals surface area contributed by atoms with Gasteiger partial charge in [-0.1, -0.05) is 17.4 Å². The molecule has 0 N–H and O–H groups in total. The minimum atomic E-state index is -0.757. The number of anilines is 1. The van der Waals surface area contributed by atoms with Gasteiger partial charge in [0, 0.05) is 25.2 Å². The quantitative estimate of drug-likeness (QED) is 0.421. The number of thiazole rings is 1. The Labute approximate surface area is 223 Å². The average Bonchev–Trinajstić information content (AvgIpc) is 3.52. The van der Waals surface area contributed by atoms with Crippen molar-refractivity contribution >= 4 is 29.3 Å². The highest BCUT2D eigenvalue weighted by atomic mass is 32.1. The number of hydrogen-bond donors (Lipinski definition) is 0. The summed E-state index contributed by atoms with van der Waals surface area (Å²) in [6.07, 6.45) is 1.71. The van der Waals surface area contributed by atoms with E-state index in [2.05, 4.69) is 9.89 Å². The van der Waals surface area contributed by atoms with E-state index in [0.717, 1.165) is 19.0 Å². The van der Waals surface area contributed by atoms with Crippen molar-refractivity contribution in [2.24, 2.45) is 4.99 Å². The minimum Gasteiger partial charge on any atom is -0.493 e. The van der Waals surface area contributed by atoms with Gasteiger partial charge in [-0.2, -0.15) is 0 Å². The zero-order valence-corrected chi connectivity index (χ0v) is 22.5. The molecule has 38 heavy (non-hydrogen) atoms. The minimum absolute atomic E-state index is 0.197. The Balaban J connectivity index is 1.63. The van der Waals surface area contributed by atoms with E-state index in [1.54, 1.807) is 39.2 Å². The number of aromatic nitrogens is 1. The van der Waals surface area contributed by atoms with Gasteiger partial charge in [0.05, 0.1) is 55.9 Å². The lowest BCUT2D eigenvalue weighted by molar-refractivity contribution is -0.139. The van der Waals surface area contributed by atoms with Gasteiger partial charge in [-0.25, -0.2) is 9.79 Å². The molecule has 2 aliphatic heterocycles. The fourth-order valence-electron chi connectivity index (χ4n) is 4.63. The van der Waals surface area contributed by atoms with Crippen LogP contribution in [0.4, 0.5) is 5.88 Å². The zero-order valence-electron chi connectivity index (χ0n) is 21.7. The SMILES string of the molecule is CCOC(=O)C1=C(C)N=c2s/c(=C/c3ccc(N4CCOCC4)o3)c(=O)n2[C@H]1c1ccc(OC)c(OC)c1. The molecule has 0 aliphatic carbocycles. The van der Waals surface area contributed by atoms with Crippen LogP contribution < -0.4 is 29.3 Å². The van der Waals surface area contributed by atoms with Gasteiger partial charge >= 0.3 is 5.97 Å². The summed E-state index contributed by atoms with van der Waals surface area (Å²) in [5, 5.41) is 0. The lowest BCUT2D eigenvalue weighted by atomic mass is 9.95. The van der Waals surface area contributed by atoms with Crippen molar-refractivity contribution in [3.8, 4) is 11.5 Å². The third-order valence-corrected chi connectivity index (χ3v) is 7.43. The first-order valence-corrected chi connectivity index (χ1v) is 13.1. The van der Waals surface area contributed by atoms with E-state index in [1.165, 1.54) is 23.0 Å². The van der Waals surface area contributed by atoms with E-state index < -0.39 is 12.0 Å². The van der Waals surface area contributed by atoms with E-state index in [1.807, 2.05) is 18.2 Å². The van der Waals surface area contributed by atoms with Crippen LogP contribution in [0.2, 0.25) is 0 Å². The lowest BCUT2D eigenvalue weighted by Crippen LogP contribution is -2.39. The van der Waals surface area contributed by atoms with Gasteiger partial charge in [-0.15, -0.1) is 0 Å². The second kappa shape index (κ2) is 10.9. The number of methoxy groups -OCH3 is 2.